The van der Waals surface area contributed by atoms with Crippen molar-refractivity contribution in [2.45, 2.75) is 36.5 Å². The van der Waals surface area contributed by atoms with E-state index in [4.69, 9.17) is 14.3 Å². The molecular formula is C18H16F3N5O5S. The predicted octanol–water partition coefficient (Wildman–Crippen LogP) is 2.97. The van der Waals surface area contributed by atoms with Crippen LogP contribution in [0.25, 0.3) is 11.1 Å². The van der Waals surface area contributed by atoms with Crippen LogP contribution in [0.4, 0.5) is 30.6 Å². The quantitative estimate of drug-likeness (QED) is 0.451. The number of furan rings is 1. The van der Waals surface area contributed by atoms with Crippen LogP contribution >= 0.6 is 0 Å². The van der Waals surface area contributed by atoms with Gasteiger partial charge in [-0.05, 0) is 30.5 Å². The maximum atomic E-state index is 12.0. The summed E-state index contributed by atoms with van der Waals surface area (Å²) in [6.45, 7) is 0.324. The van der Waals surface area contributed by atoms with Gasteiger partial charge in [-0.1, -0.05) is 6.07 Å². The number of hydrogen-bond donors (Lipinski definition) is 4. The first-order chi connectivity index (χ1) is 15.0. The summed E-state index contributed by atoms with van der Waals surface area (Å²) in [5, 5.41) is 13.6. The molecule has 2 aliphatic rings. The number of anilines is 3. The molecule has 1 aromatic carbocycles. The lowest BCUT2D eigenvalue weighted by atomic mass is 10.2. The molecule has 0 bridgehead atoms. The Morgan fingerprint density at radius 2 is 1.94 bits per heavy atom. The Balaban J connectivity index is 0.000000307. The molecule has 1 saturated carbocycles. The molecule has 0 saturated heterocycles. The minimum Gasteiger partial charge on any atom is -0.475 e. The Morgan fingerprint density at radius 1 is 1.22 bits per heavy atom. The standard InChI is InChI=1S/C16H15N5O3S.C2HF3O2/c22-25(23)13-7-11(2-1-9(13)8-17-25)19-16-20-12-5-6-24-14(12)15(21-16)18-10-3-4-10;3-2(4,5)1(6)7/h1-2,5-7,10,17H,3-4,8H2,(H2,18,19,20,21);(H,6,7). The van der Waals surface area contributed by atoms with Crippen molar-refractivity contribution in [2.75, 3.05) is 10.6 Å². The van der Waals surface area contributed by atoms with E-state index in [-0.39, 0.29) is 0 Å². The van der Waals surface area contributed by atoms with E-state index in [1.165, 1.54) is 0 Å². The number of sulfonamides is 1. The van der Waals surface area contributed by atoms with E-state index < -0.39 is 22.2 Å². The highest BCUT2D eigenvalue weighted by Crippen LogP contribution is 2.31. The first kappa shape index (κ1) is 21.8. The fraction of sp³-hybridized carbons (Fsp3) is 0.278. The van der Waals surface area contributed by atoms with Crippen molar-refractivity contribution in [1.29, 1.82) is 0 Å². The van der Waals surface area contributed by atoms with Gasteiger partial charge >= 0.3 is 12.1 Å². The molecule has 2 aromatic heterocycles. The number of carbonyl (C=O) groups is 1. The summed E-state index contributed by atoms with van der Waals surface area (Å²) >= 11 is 0. The number of aliphatic carboxylic acids is 1. The molecule has 14 heteroatoms. The van der Waals surface area contributed by atoms with Crippen molar-refractivity contribution in [3.05, 3.63) is 36.1 Å². The van der Waals surface area contributed by atoms with Crippen molar-refractivity contribution in [3.63, 3.8) is 0 Å². The van der Waals surface area contributed by atoms with Crippen LogP contribution in [0.5, 0.6) is 0 Å². The molecule has 1 aliphatic heterocycles. The van der Waals surface area contributed by atoms with Gasteiger partial charge in [0.05, 0.1) is 11.2 Å². The van der Waals surface area contributed by atoms with Gasteiger partial charge in [-0.2, -0.15) is 18.2 Å². The van der Waals surface area contributed by atoms with Crippen LogP contribution in [-0.2, 0) is 21.4 Å². The number of halogens is 3. The minimum absolute atomic E-state index is 0.290. The smallest absolute Gasteiger partial charge is 0.475 e. The molecule has 4 N–H and O–H groups in total. The summed E-state index contributed by atoms with van der Waals surface area (Å²) in [7, 11) is -3.42. The Labute approximate surface area is 178 Å². The summed E-state index contributed by atoms with van der Waals surface area (Å²) in [5.74, 6) is -1.72. The van der Waals surface area contributed by atoms with Crippen LogP contribution in [0.1, 0.15) is 18.4 Å². The van der Waals surface area contributed by atoms with Crippen molar-refractivity contribution in [3.8, 4) is 0 Å². The lowest BCUT2D eigenvalue weighted by Crippen LogP contribution is -2.21. The molecule has 3 aromatic rings. The highest BCUT2D eigenvalue weighted by molar-refractivity contribution is 7.89. The highest BCUT2D eigenvalue weighted by Gasteiger charge is 2.38. The van der Waals surface area contributed by atoms with Crippen LogP contribution in [0.2, 0.25) is 0 Å². The number of rotatable bonds is 4. The number of aromatic nitrogens is 2. The number of carboxylic acid groups (broad SMARTS) is 1. The largest absolute Gasteiger partial charge is 0.490 e. The van der Waals surface area contributed by atoms with E-state index in [1.807, 2.05) is 6.07 Å². The molecular weight excluding hydrogens is 455 g/mol. The molecule has 5 rings (SSSR count). The van der Waals surface area contributed by atoms with Gasteiger partial charge in [-0.25, -0.2) is 22.9 Å². The molecule has 170 valence electrons. The molecule has 0 atom stereocenters. The summed E-state index contributed by atoms with van der Waals surface area (Å²) in [5.41, 5.74) is 2.69. The van der Waals surface area contributed by atoms with E-state index in [0.717, 1.165) is 18.4 Å². The highest BCUT2D eigenvalue weighted by atomic mass is 32.2. The van der Waals surface area contributed by atoms with Gasteiger partial charge in [0.15, 0.2) is 11.4 Å². The second-order valence-electron chi connectivity index (χ2n) is 7.02. The lowest BCUT2D eigenvalue weighted by molar-refractivity contribution is -0.192. The summed E-state index contributed by atoms with van der Waals surface area (Å²) in [6, 6.07) is 7.40. The van der Waals surface area contributed by atoms with Gasteiger partial charge in [0.1, 0.15) is 5.52 Å². The summed E-state index contributed by atoms with van der Waals surface area (Å²) < 4.78 is 63.7. The van der Waals surface area contributed by atoms with E-state index >= 15 is 0 Å². The van der Waals surface area contributed by atoms with Crippen molar-refractivity contribution in [1.82, 2.24) is 14.7 Å². The Hall–Kier alpha value is -3.39. The van der Waals surface area contributed by atoms with Crippen molar-refractivity contribution < 1.29 is 35.9 Å². The van der Waals surface area contributed by atoms with Gasteiger partial charge in [0, 0.05) is 24.3 Å². The lowest BCUT2D eigenvalue weighted by Gasteiger charge is -2.09. The van der Waals surface area contributed by atoms with Crippen LogP contribution < -0.4 is 15.4 Å². The van der Waals surface area contributed by atoms with E-state index in [1.54, 1.807) is 24.5 Å². The number of carboxylic acids is 1. The average Bonchev–Trinajstić information content (AvgIpc) is 3.30. The number of benzene rings is 1. The molecule has 0 spiro atoms. The molecule has 32 heavy (non-hydrogen) atoms. The number of nitrogens with zero attached hydrogens (tertiary/aromatic N) is 2. The fourth-order valence-corrected chi connectivity index (χ4v) is 4.11. The van der Waals surface area contributed by atoms with Crippen LogP contribution in [0.15, 0.2) is 39.8 Å². The van der Waals surface area contributed by atoms with Gasteiger partial charge in [0.2, 0.25) is 16.0 Å². The second kappa shape index (κ2) is 7.94. The van der Waals surface area contributed by atoms with Gasteiger partial charge in [-0.3, -0.25) is 0 Å². The molecule has 0 amide bonds. The van der Waals surface area contributed by atoms with E-state index in [9.17, 15) is 21.6 Å². The maximum Gasteiger partial charge on any atom is 0.490 e. The summed E-state index contributed by atoms with van der Waals surface area (Å²) in [6.07, 6.45) is -1.27. The van der Waals surface area contributed by atoms with Crippen molar-refractivity contribution in [2.24, 2.45) is 0 Å². The third-order valence-electron chi connectivity index (χ3n) is 4.53. The molecule has 1 aliphatic carbocycles. The third kappa shape index (κ3) is 4.75. The van der Waals surface area contributed by atoms with Crippen LogP contribution in [-0.4, -0.2) is 41.7 Å². The van der Waals surface area contributed by atoms with E-state index in [2.05, 4.69) is 25.3 Å². The molecule has 10 nitrogen and oxygen atoms in total. The normalized spacial score (nSPS) is 16.7. The second-order valence-corrected chi connectivity index (χ2v) is 8.76. The fourth-order valence-electron chi connectivity index (χ4n) is 2.85. The first-order valence-corrected chi connectivity index (χ1v) is 10.7. The Kier molecular flexibility index (Phi) is 5.42. The zero-order chi connectivity index (χ0) is 23.1. The minimum atomic E-state index is -5.08. The van der Waals surface area contributed by atoms with Crippen LogP contribution in [0, 0.1) is 0 Å². The zero-order valence-corrected chi connectivity index (χ0v) is 16.9. The number of hydrogen-bond acceptors (Lipinski definition) is 8. The molecule has 0 radical (unpaired) electrons. The monoisotopic (exact) mass is 471 g/mol. The van der Waals surface area contributed by atoms with Crippen molar-refractivity contribution >= 4 is 44.5 Å². The predicted molar refractivity (Wildman–Crippen MR) is 106 cm³/mol. The Morgan fingerprint density at radius 3 is 2.59 bits per heavy atom. The number of alkyl halides is 3. The van der Waals surface area contributed by atoms with Gasteiger partial charge in [0.25, 0.3) is 0 Å². The van der Waals surface area contributed by atoms with Gasteiger partial charge < -0.3 is 20.2 Å². The number of nitrogens with one attached hydrogen (secondary N) is 3. The maximum absolute atomic E-state index is 12.0. The zero-order valence-electron chi connectivity index (χ0n) is 16.1. The van der Waals surface area contributed by atoms with E-state index in [0.29, 0.717) is 46.0 Å². The topological polar surface area (TPSA) is 146 Å². The third-order valence-corrected chi connectivity index (χ3v) is 6.01. The first-order valence-electron chi connectivity index (χ1n) is 9.24. The molecule has 3 heterocycles. The number of fused-ring (bicyclic) bond motifs is 2. The summed E-state index contributed by atoms with van der Waals surface area (Å²) in [4.78, 5) is 18.1. The Bertz CT molecular complexity index is 1290. The van der Waals surface area contributed by atoms with Gasteiger partial charge in [-0.15, -0.1) is 0 Å². The molecule has 1 fully saturated rings. The van der Waals surface area contributed by atoms with Crippen LogP contribution in [0.3, 0.4) is 0 Å². The molecule has 0 unspecified atom stereocenters. The SMILES string of the molecule is O=C(O)C(F)(F)F.O=S1(=O)NCc2ccc(Nc3nc(NC4CC4)c4occc4n3)cc21. The average molecular weight is 471 g/mol.